The topological polar surface area (TPSA) is 66.9 Å². The Morgan fingerprint density at radius 1 is 1.19 bits per heavy atom. The molecular formula is C20H16N4OS2. The van der Waals surface area contributed by atoms with Crippen molar-refractivity contribution >= 4 is 66.8 Å². The fourth-order valence-electron chi connectivity index (χ4n) is 3.05. The lowest BCUT2D eigenvalue weighted by Crippen LogP contribution is -2.01. The minimum atomic E-state index is 0.537. The predicted molar refractivity (Wildman–Crippen MR) is 114 cm³/mol. The quantitative estimate of drug-likeness (QED) is 0.432. The standard InChI is InChI=1S/C20H16N4OS2/c25-10-18-14(5-7-21-13-3-4-17-16(9-13)23-11-26-17)19-15(24-12-1-2-12)6-8-22-20(19)27-18/h3-12,21H,1-2H2,(H,22,24)/b7-5-. The number of hydrogen-bond donors (Lipinski definition) is 2. The second kappa shape index (κ2) is 6.75. The Balaban J connectivity index is 1.48. The summed E-state index contributed by atoms with van der Waals surface area (Å²) in [6.45, 7) is 0. The third-order valence-electron chi connectivity index (χ3n) is 4.53. The molecule has 0 spiro atoms. The predicted octanol–water partition coefficient (Wildman–Crippen LogP) is 5.38. The molecule has 1 aliphatic carbocycles. The Morgan fingerprint density at radius 2 is 2.11 bits per heavy atom. The number of hydrogen-bond acceptors (Lipinski definition) is 7. The summed E-state index contributed by atoms with van der Waals surface area (Å²) in [4.78, 5) is 22.0. The number of thiophene rings is 1. The summed E-state index contributed by atoms with van der Waals surface area (Å²) < 4.78 is 1.17. The number of carbonyl (C=O) groups excluding carboxylic acids is 1. The average Bonchev–Trinajstić information content (AvgIpc) is 3.25. The number of anilines is 2. The molecule has 0 bridgehead atoms. The van der Waals surface area contributed by atoms with Gasteiger partial charge in [-0.05, 0) is 43.2 Å². The van der Waals surface area contributed by atoms with E-state index < -0.39 is 0 Å². The maximum atomic E-state index is 11.6. The number of nitrogens with one attached hydrogen (secondary N) is 2. The van der Waals surface area contributed by atoms with E-state index in [1.807, 2.05) is 36.0 Å². The summed E-state index contributed by atoms with van der Waals surface area (Å²) in [7, 11) is 0. The van der Waals surface area contributed by atoms with Gasteiger partial charge in [0.2, 0.25) is 0 Å². The van der Waals surface area contributed by atoms with E-state index in [4.69, 9.17) is 0 Å². The third kappa shape index (κ3) is 3.20. The van der Waals surface area contributed by atoms with Crippen molar-refractivity contribution in [1.29, 1.82) is 0 Å². The third-order valence-corrected chi connectivity index (χ3v) is 6.38. The van der Waals surface area contributed by atoms with E-state index in [0.29, 0.717) is 10.9 Å². The molecule has 3 aromatic heterocycles. The van der Waals surface area contributed by atoms with E-state index >= 15 is 0 Å². The molecule has 134 valence electrons. The van der Waals surface area contributed by atoms with Gasteiger partial charge in [-0.1, -0.05) is 0 Å². The van der Waals surface area contributed by atoms with Crippen LogP contribution in [0, 0.1) is 0 Å². The molecule has 7 heteroatoms. The fraction of sp³-hybridized carbons (Fsp3) is 0.150. The lowest BCUT2D eigenvalue weighted by molar-refractivity contribution is 0.112. The second-order valence-corrected chi connectivity index (χ2v) is 8.38. The molecular weight excluding hydrogens is 376 g/mol. The largest absolute Gasteiger partial charge is 0.382 e. The number of fused-ring (bicyclic) bond motifs is 2. The Bertz CT molecular complexity index is 1170. The molecule has 0 radical (unpaired) electrons. The van der Waals surface area contributed by atoms with Gasteiger partial charge in [-0.2, -0.15) is 0 Å². The van der Waals surface area contributed by atoms with Crippen LogP contribution in [-0.2, 0) is 0 Å². The zero-order valence-corrected chi connectivity index (χ0v) is 15.9. The molecule has 0 unspecified atom stereocenters. The number of aromatic nitrogens is 2. The van der Waals surface area contributed by atoms with Crippen molar-refractivity contribution in [2.24, 2.45) is 0 Å². The van der Waals surface area contributed by atoms with E-state index in [1.54, 1.807) is 17.5 Å². The van der Waals surface area contributed by atoms with Gasteiger partial charge in [0.05, 0.1) is 20.6 Å². The highest BCUT2D eigenvalue weighted by atomic mass is 32.1. The minimum absolute atomic E-state index is 0.537. The van der Waals surface area contributed by atoms with E-state index in [2.05, 4.69) is 26.7 Å². The van der Waals surface area contributed by atoms with Crippen molar-refractivity contribution in [1.82, 2.24) is 9.97 Å². The molecule has 1 aliphatic rings. The van der Waals surface area contributed by atoms with Gasteiger partial charge < -0.3 is 10.6 Å². The number of pyridine rings is 1. The number of rotatable bonds is 6. The van der Waals surface area contributed by atoms with Crippen LogP contribution in [0.3, 0.4) is 0 Å². The SMILES string of the molecule is O=Cc1sc2nccc(NC3CC3)c2c1/C=C\Nc1ccc2scnc2c1. The molecule has 5 nitrogen and oxygen atoms in total. The summed E-state index contributed by atoms with van der Waals surface area (Å²) in [6, 6.07) is 8.63. The molecule has 0 amide bonds. The summed E-state index contributed by atoms with van der Waals surface area (Å²) >= 11 is 3.06. The van der Waals surface area contributed by atoms with Crippen LogP contribution in [0.15, 0.2) is 42.2 Å². The van der Waals surface area contributed by atoms with Gasteiger partial charge in [0.25, 0.3) is 0 Å². The highest BCUT2D eigenvalue weighted by Crippen LogP contribution is 2.37. The molecule has 3 heterocycles. The van der Waals surface area contributed by atoms with Gasteiger partial charge in [-0.25, -0.2) is 9.97 Å². The van der Waals surface area contributed by atoms with Crippen molar-refractivity contribution in [3.63, 3.8) is 0 Å². The van der Waals surface area contributed by atoms with E-state index in [-0.39, 0.29) is 0 Å². The molecule has 1 fully saturated rings. The van der Waals surface area contributed by atoms with Crippen LogP contribution in [0.5, 0.6) is 0 Å². The number of carbonyl (C=O) groups is 1. The van der Waals surface area contributed by atoms with Crippen molar-refractivity contribution in [2.75, 3.05) is 10.6 Å². The van der Waals surface area contributed by atoms with E-state index in [1.165, 1.54) is 28.9 Å². The molecule has 0 saturated heterocycles. The zero-order chi connectivity index (χ0) is 18.2. The molecule has 2 N–H and O–H groups in total. The Labute approximate surface area is 163 Å². The van der Waals surface area contributed by atoms with E-state index in [0.717, 1.165) is 39.0 Å². The first-order valence-corrected chi connectivity index (χ1v) is 10.4. The van der Waals surface area contributed by atoms with Gasteiger partial charge in [0, 0.05) is 40.8 Å². The van der Waals surface area contributed by atoms with Gasteiger partial charge in [0.15, 0.2) is 6.29 Å². The fourth-order valence-corrected chi connectivity index (χ4v) is 4.68. The maximum Gasteiger partial charge on any atom is 0.160 e. The summed E-state index contributed by atoms with van der Waals surface area (Å²) in [6.07, 6.45) is 8.92. The number of thiazole rings is 1. The summed E-state index contributed by atoms with van der Waals surface area (Å²) in [5, 5.41) is 7.85. The van der Waals surface area contributed by atoms with Crippen LogP contribution >= 0.6 is 22.7 Å². The van der Waals surface area contributed by atoms with Gasteiger partial charge >= 0.3 is 0 Å². The average molecular weight is 393 g/mol. The first-order valence-electron chi connectivity index (χ1n) is 8.71. The van der Waals surface area contributed by atoms with Crippen LogP contribution in [-0.4, -0.2) is 22.3 Å². The second-order valence-electron chi connectivity index (χ2n) is 6.47. The summed E-state index contributed by atoms with van der Waals surface area (Å²) in [5.74, 6) is 0. The Kier molecular flexibility index (Phi) is 4.10. The Morgan fingerprint density at radius 3 is 2.96 bits per heavy atom. The summed E-state index contributed by atoms with van der Waals surface area (Å²) in [5.41, 5.74) is 5.75. The normalized spacial score (nSPS) is 14.2. The first-order chi connectivity index (χ1) is 13.3. The molecule has 27 heavy (non-hydrogen) atoms. The van der Waals surface area contributed by atoms with Gasteiger partial charge in [-0.3, -0.25) is 4.79 Å². The molecule has 0 aliphatic heterocycles. The van der Waals surface area contributed by atoms with Gasteiger partial charge in [0.1, 0.15) is 4.83 Å². The Hall–Kier alpha value is -2.77. The molecule has 1 saturated carbocycles. The maximum absolute atomic E-state index is 11.6. The number of benzene rings is 1. The van der Waals surface area contributed by atoms with E-state index in [9.17, 15) is 4.79 Å². The zero-order valence-electron chi connectivity index (χ0n) is 14.3. The highest BCUT2D eigenvalue weighted by molar-refractivity contribution is 7.20. The van der Waals surface area contributed by atoms with Crippen LogP contribution in [0.1, 0.15) is 28.1 Å². The first kappa shape index (κ1) is 16.4. The van der Waals surface area contributed by atoms with Crippen molar-refractivity contribution in [3.8, 4) is 0 Å². The highest BCUT2D eigenvalue weighted by Gasteiger charge is 2.23. The smallest absolute Gasteiger partial charge is 0.160 e. The lowest BCUT2D eigenvalue weighted by Gasteiger charge is -2.07. The molecule has 5 rings (SSSR count). The van der Waals surface area contributed by atoms with Crippen LogP contribution in [0.25, 0.3) is 26.5 Å². The van der Waals surface area contributed by atoms with Crippen molar-refractivity contribution in [2.45, 2.75) is 18.9 Å². The van der Waals surface area contributed by atoms with Crippen molar-refractivity contribution in [3.05, 3.63) is 52.6 Å². The van der Waals surface area contributed by atoms with Crippen LogP contribution < -0.4 is 10.6 Å². The minimum Gasteiger partial charge on any atom is -0.382 e. The number of nitrogens with zero attached hydrogens (tertiary/aromatic N) is 2. The number of aldehydes is 1. The van der Waals surface area contributed by atoms with Crippen molar-refractivity contribution < 1.29 is 4.79 Å². The molecule has 0 atom stereocenters. The lowest BCUT2D eigenvalue weighted by atomic mass is 10.1. The van der Waals surface area contributed by atoms with Crippen LogP contribution in [0.2, 0.25) is 0 Å². The monoisotopic (exact) mass is 392 g/mol. The van der Waals surface area contributed by atoms with Gasteiger partial charge in [-0.15, -0.1) is 22.7 Å². The molecule has 4 aromatic rings. The molecule has 1 aromatic carbocycles. The van der Waals surface area contributed by atoms with Crippen LogP contribution in [0.4, 0.5) is 11.4 Å².